The van der Waals surface area contributed by atoms with Gasteiger partial charge in [0.25, 0.3) is 5.91 Å². The largest absolute Gasteiger partial charge is 0.448 e. The molecule has 0 unspecified atom stereocenters. The Morgan fingerprint density at radius 3 is 2.55 bits per heavy atom. The van der Waals surface area contributed by atoms with E-state index >= 15 is 0 Å². The Labute approximate surface area is 122 Å². The van der Waals surface area contributed by atoms with Gasteiger partial charge in [-0.25, -0.2) is 4.79 Å². The van der Waals surface area contributed by atoms with Gasteiger partial charge in [-0.1, -0.05) is 0 Å². The normalized spacial score (nSPS) is 15.1. The van der Waals surface area contributed by atoms with E-state index in [4.69, 9.17) is 16.3 Å². The summed E-state index contributed by atoms with van der Waals surface area (Å²) in [7, 11) is 0. The Balaban J connectivity index is 1.85. The molecule has 1 aliphatic heterocycles. The van der Waals surface area contributed by atoms with Crippen molar-refractivity contribution >= 4 is 23.6 Å². The summed E-state index contributed by atoms with van der Waals surface area (Å²) in [6.07, 6.45) is 2.80. The molecule has 2 amide bonds. The molecule has 6 nitrogen and oxygen atoms in total. The summed E-state index contributed by atoms with van der Waals surface area (Å²) in [6, 6.07) is 3.46. The molecule has 0 N–H and O–H groups in total. The zero-order chi connectivity index (χ0) is 14.4. The van der Waals surface area contributed by atoms with Gasteiger partial charge in [0.05, 0.1) is 11.4 Å². The molecule has 2 rings (SSSR count). The van der Waals surface area contributed by atoms with Crippen LogP contribution in [0.25, 0.3) is 0 Å². The van der Waals surface area contributed by atoms with Gasteiger partial charge in [-0.3, -0.25) is 9.78 Å². The molecule has 20 heavy (non-hydrogen) atoms. The first-order valence-corrected chi connectivity index (χ1v) is 6.93. The minimum Gasteiger partial charge on any atom is -0.448 e. The van der Waals surface area contributed by atoms with Gasteiger partial charge in [-0.05, 0) is 12.1 Å². The highest BCUT2D eigenvalue weighted by molar-refractivity contribution is 6.18. The van der Waals surface area contributed by atoms with Gasteiger partial charge in [0.2, 0.25) is 0 Å². The fourth-order valence-corrected chi connectivity index (χ4v) is 2.06. The van der Waals surface area contributed by atoms with Crippen molar-refractivity contribution in [3.63, 3.8) is 0 Å². The maximum Gasteiger partial charge on any atom is 0.409 e. The molecule has 7 heteroatoms. The summed E-state index contributed by atoms with van der Waals surface area (Å²) < 4.78 is 4.95. The Morgan fingerprint density at radius 2 is 1.95 bits per heavy atom. The minimum atomic E-state index is -0.376. The van der Waals surface area contributed by atoms with Crippen LogP contribution in [0.1, 0.15) is 10.4 Å². The number of hydrogen-bond donors (Lipinski definition) is 0. The van der Waals surface area contributed by atoms with E-state index in [2.05, 4.69) is 4.98 Å². The van der Waals surface area contributed by atoms with Gasteiger partial charge >= 0.3 is 6.09 Å². The molecule has 1 aliphatic rings. The quantitative estimate of drug-likeness (QED) is 0.787. The van der Waals surface area contributed by atoms with E-state index in [0.717, 1.165) is 0 Å². The van der Waals surface area contributed by atoms with E-state index in [1.165, 1.54) is 0 Å². The van der Waals surface area contributed by atoms with Crippen LogP contribution in [0.3, 0.4) is 0 Å². The maximum atomic E-state index is 12.2. The lowest BCUT2D eigenvalue weighted by Crippen LogP contribution is -2.50. The predicted molar refractivity (Wildman–Crippen MR) is 73.8 cm³/mol. The number of rotatable bonds is 3. The molecule has 1 aromatic heterocycles. The highest BCUT2D eigenvalue weighted by Gasteiger charge is 2.25. The Kier molecular flexibility index (Phi) is 5.17. The summed E-state index contributed by atoms with van der Waals surface area (Å²) in [4.78, 5) is 31.0. The third-order valence-electron chi connectivity index (χ3n) is 3.04. The standard InChI is InChI=1S/C13H16ClN3O3/c14-3-9-20-13(19)17-7-5-16(6-8-17)12(18)11-2-1-4-15-10-11/h1-2,4,10H,3,5-9H2. The summed E-state index contributed by atoms with van der Waals surface area (Å²) in [5, 5.41) is 0. The van der Waals surface area contributed by atoms with Crippen LogP contribution in [0.2, 0.25) is 0 Å². The number of ether oxygens (including phenoxy) is 1. The second-order valence-electron chi connectivity index (χ2n) is 4.32. The maximum absolute atomic E-state index is 12.2. The number of alkyl halides is 1. The van der Waals surface area contributed by atoms with Crippen LogP contribution in [0.15, 0.2) is 24.5 Å². The molecule has 0 saturated carbocycles. The van der Waals surface area contributed by atoms with Crippen LogP contribution < -0.4 is 0 Å². The molecule has 0 atom stereocenters. The summed E-state index contributed by atoms with van der Waals surface area (Å²) in [5.41, 5.74) is 0.561. The third kappa shape index (κ3) is 3.60. The molecule has 0 aliphatic carbocycles. The fraction of sp³-hybridized carbons (Fsp3) is 0.462. The molecule has 0 bridgehead atoms. The van der Waals surface area contributed by atoms with Crippen LogP contribution in [-0.4, -0.2) is 65.5 Å². The van der Waals surface area contributed by atoms with E-state index in [-0.39, 0.29) is 24.5 Å². The van der Waals surface area contributed by atoms with Crippen molar-refractivity contribution in [1.82, 2.24) is 14.8 Å². The molecule has 1 fully saturated rings. The average molecular weight is 298 g/mol. The molecular weight excluding hydrogens is 282 g/mol. The number of halogens is 1. The first-order valence-electron chi connectivity index (χ1n) is 6.39. The topological polar surface area (TPSA) is 62.7 Å². The van der Waals surface area contributed by atoms with E-state index < -0.39 is 0 Å². The van der Waals surface area contributed by atoms with Gasteiger partial charge in [0, 0.05) is 38.6 Å². The average Bonchev–Trinajstić information content (AvgIpc) is 2.53. The van der Waals surface area contributed by atoms with Crippen molar-refractivity contribution in [2.45, 2.75) is 0 Å². The van der Waals surface area contributed by atoms with Crippen LogP contribution in [0.4, 0.5) is 4.79 Å². The number of carbonyl (C=O) groups is 2. The van der Waals surface area contributed by atoms with Crippen LogP contribution in [0.5, 0.6) is 0 Å². The Bertz CT molecular complexity index is 461. The smallest absolute Gasteiger partial charge is 0.409 e. The lowest BCUT2D eigenvalue weighted by Gasteiger charge is -2.34. The second-order valence-corrected chi connectivity index (χ2v) is 4.70. The van der Waals surface area contributed by atoms with Crippen LogP contribution in [-0.2, 0) is 4.74 Å². The van der Waals surface area contributed by atoms with Crippen molar-refractivity contribution in [2.24, 2.45) is 0 Å². The highest BCUT2D eigenvalue weighted by Crippen LogP contribution is 2.08. The summed E-state index contributed by atoms with van der Waals surface area (Å²) in [5.74, 6) is 0.220. The summed E-state index contributed by atoms with van der Waals surface area (Å²) in [6.45, 7) is 2.11. The second kappa shape index (κ2) is 7.09. The highest BCUT2D eigenvalue weighted by atomic mass is 35.5. The van der Waals surface area contributed by atoms with E-state index in [0.29, 0.717) is 31.7 Å². The van der Waals surface area contributed by atoms with Crippen molar-refractivity contribution in [3.05, 3.63) is 30.1 Å². The number of amides is 2. The number of pyridine rings is 1. The van der Waals surface area contributed by atoms with Crippen LogP contribution in [0, 0.1) is 0 Å². The molecule has 108 valence electrons. The minimum absolute atomic E-state index is 0.0631. The van der Waals surface area contributed by atoms with E-state index in [1.807, 2.05) is 0 Å². The van der Waals surface area contributed by atoms with Gasteiger partial charge in [0.1, 0.15) is 6.61 Å². The lowest BCUT2D eigenvalue weighted by atomic mass is 10.2. The Hall–Kier alpha value is -1.82. The molecule has 0 radical (unpaired) electrons. The molecule has 0 spiro atoms. The first kappa shape index (κ1) is 14.6. The number of piperazine rings is 1. The number of aromatic nitrogens is 1. The SMILES string of the molecule is O=C(OCCCl)N1CCN(C(=O)c2cccnc2)CC1. The van der Waals surface area contributed by atoms with E-state index in [9.17, 15) is 9.59 Å². The molecule has 1 aromatic rings. The number of hydrogen-bond acceptors (Lipinski definition) is 4. The van der Waals surface area contributed by atoms with Crippen molar-refractivity contribution in [1.29, 1.82) is 0 Å². The fourth-order valence-electron chi connectivity index (χ4n) is 1.98. The van der Waals surface area contributed by atoms with Crippen molar-refractivity contribution < 1.29 is 14.3 Å². The van der Waals surface area contributed by atoms with Gasteiger partial charge < -0.3 is 14.5 Å². The van der Waals surface area contributed by atoms with Gasteiger partial charge in [-0.15, -0.1) is 11.6 Å². The predicted octanol–water partition coefficient (Wildman–Crippen LogP) is 1.21. The van der Waals surface area contributed by atoms with E-state index in [1.54, 1.807) is 34.3 Å². The zero-order valence-corrected chi connectivity index (χ0v) is 11.8. The lowest BCUT2D eigenvalue weighted by molar-refractivity contribution is 0.0571. The number of nitrogens with zero attached hydrogens (tertiary/aromatic N) is 3. The molecule has 2 heterocycles. The van der Waals surface area contributed by atoms with Crippen molar-refractivity contribution in [3.8, 4) is 0 Å². The van der Waals surface area contributed by atoms with Crippen molar-refractivity contribution in [2.75, 3.05) is 38.7 Å². The monoisotopic (exact) mass is 297 g/mol. The molecule has 0 aromatic carbocycles. The van der Waals surface area contributed by atoms with Crippen LogP contribution >= 0.6 is 11.6 Å². The molecular formula is C13H16ClN3O3. The number of carbonyl (C=O) groups excluding carboxylic acids is 2. The Morgan fingerprint density at radius 1 is 1.25 bits per heavy atom. The molecule has 1 saturated heterocycles. The van der Waals surface area contributed by atoms with Gasteiger partial charge in [0.15, 0.2) is 0 Å². The zero-order valence-electron chi connectivity index (χ0n) is 11.0. The van der Waals surface area contributed by atoms with Gasteiger partial charge in [-0.2, -0.15) is 0 Å². The third-order valence-corrected chi connectivity index (χ3v) is 3.19. The summed E-state index contributed by atoms with van der Waals surface area (Å²) >= 11 is 5.46. The first-order chi connectivity index (χ1) is 9.72.